The molecule has 1 aliphatic rings. The van der Waals surface area contributed by atoms with E-state index in [0.29, 0.717) is 12.1 Å². The molecule has 1 heterocycles. The summed E-state index contributed by atoms with van der Waals surface area (Å²) in [6.45, 7) is 2.41. The topological polar surface area (TPSA) is 46.3 Å². The van der Waals surface area contributed by atoms with Crippen molar-refractivity contribution < 1.29 is 4.79 Å². The Balaban J connectivity index is 2.24. The third kappa shape index (κ3) is 1.78. The second-order valence-corrected chi connectivity index (χ2v) is 3.91. The van der Waals surface area contributed by atoms with Crippen LogP contribution in [-0.4, -0.2) is 23.0 Å². The van der Waals surface area contributed by atoms with Gasteiger partial charge in [0.1, 0.15) is 5.66 Å². The highest BCUT2D eigenvalue weighted by Gasteiger charge is 2.32. The van der Waals surface area contributed by atoms with Crippen molar-refractivity contribution in [3.63, 3.8) is 0 Å². The highest BCUT2D eigenvalue weighted by molar-refractivity contribution is 5.95. The Morgan fingerprint density at radius 2 is 2.07 bits per heavy atom. The molecule has 15 heavy (non-hydrogen) atoms. The van der Waals surface area contributed by atoms with Crippen LogP contribution < -0.4 is 5.73 Å². The number of carbonyl (C=O) groups excluding carboxylic acids is 1. The monoisotopic (exact) mass is 202 g/mol. The predicted octanol–water partition coefficient (Wildman–Crippen LogP) is 1.37. The van der Waals surface area contributed by atoms with Crippen LogP contribution in [0.1, 0.15) is 17.3 Å². The fourth-order valence-corrected chi connectivity index (χ4v) is 1.72. The summed E-state index contributed by atoms with van der Waals surface area (Å²) in [5.74, 6) is -0.0226. The largest absolute Gasteiger partial charge is 0.314 e. The molecule has 2 rings (SSSR count). The van der Waals surface area contributed by atoms with Gasteiger partial charge in [-0.1, -0.05) is 24.3 Å². The molecule has 0 bridgehead atoms. The van der Waals surface area contributed by atoms with Gasteiger partial charge in [0, 0.05) is 12.1 Å². The van der Waals surface area contributed by atoms with Crippen molar-refractivity contribution in [1.29, 1.82) is 0 Å². The number of nitrogens with zero attached hydrogens (tertiary/aromatic N) is 1. The quantitative estimate of drug-likeness (QED) is 0.699. The van der Waals surface area contributed by atoms with E-state index in [1.807, 2.05) is 37.3 Å². The van der Waals surface area contributed by atoms with Crippen molar-refractivity contribution in [2.75, 3.05) is 6.54 Å². The van der Waals surface area contributed by atoms with Gasteiger partial charge in [0.15, 0.2) is 0 Å². The van der Waals surface area contributed by atoms with Gasteiger partial charge < -0.3 is 10.6 Å². The molecule has 3 nitrogen and oxygen atoms in total. The van der Waals surface area contributed by atoms with Crippen molar-refractivity contribution >= 4 is 5.91 Å². The van der Waals surface area contributed by atoms with Crippen LogP contribution in [0.4, 0.5) is 0 Å². The molecule has 1 atom stereocenters. The Kier molecular flexibility index (Phi) is 2.32. The smallest absolute Gasteiger partial charge is 0.255 e. The molecule has 0 saturated heterocycles. The minimum atomic E-state index is -0.660. The Hall–Kier alpha value is -1.61. The summed E-state index contributed by atoms with van der Waals surface area (Å²) in [6.07, 6.45) is 3.77. The lowest BCUT2D eigenvalue weighted by Gasteiger charge is -2.30. The van der Waals surface area contributed by atoms with Crippen LogP contribution >= 0.6 is 0 Å². The van der Waals surface area contributed by atoms with Crippen LogP contribution in [0.5, 0.6) is 0 Å². The van der Waals surface area contributed by atoms with Crippen LogP contribution in [0.2, 0.25) is 0 Å². The second kappa shape index (κ2) is 3.51. The average molecular weight is 202 g/mol. The van der Waals surface area contributed by atoms with Gasteiger partial charge in [-0.3, -0.25) is 4.79 Å². The van der Waals surface area contributed by atoms with Gasteiger partial charge >= 0.3 is 0 Å². The molecule has 1 aromatic carbocycles. The van der Waals surface area contributed by atoms with Gasteiger partial charge in [0.25, 0.3) is 5.91 Å². The van der Waals surface area contributed by atoms with Crippen molar-refractivity contribution in [2.45, 2.75) is 12.6 Å². The van der Waals surface area contributed by atoms with E-state index in [-0.39, 0.29) is 5.91 Å². The number of hydrogen-bond acceptors (Lipinski definition) is 2. The van der Waals surface area contributed by atoms with E-state index >= 15 is 0 Å². The first-order valence-electron chi connectivity index (χ1n) is 4.95. The molecule has 1 unspecified atom stereocenters. The standard InChI is InChI=1S/C12H14N2O/c1-12(13)8-5-9-14(12)11(15)10-6-3-2-4-7-10/h2-8H,9,13H2,1H3. The Morgan fingerprint density at radius 1 is 1.40 bits per heavy atom. The average Bonchev–Trinajstić information content (AvgIpc) is 2.58. The lowest BCUT2D eigenvalue weighted by Crippen LogP contribution is -2.52. The number of nitrogens with two attached hydrogens (primary N) is 1. The van der Waals surface area contributed by atoms with Gasteiger partial charge in [0.2, 0.25) is 0 Å². The maximum Gasteiger partial charge on any atom is 0.255 e. The van der Waals surface area contributed by atoms with Crippen LogP contribution in [0, 0.1) is 0 Å². The highest BCUT2D eigenvalue weighted by Crippen LogP contribution is 2.19. The number of amides is 1. The Bertz CT molecular complexity index is 395. The third-order valence-electron chi connectivity index (χ3n) is 2.59. The van der Waals surface area contributed by atoms with Crippen LogP contribution in [0.15, 0.2) is 42.5 Å². The lowest BCUT2D eigenvalue weighted by atomic mass is 10.1. The van der Waals surface area contributed by atoms with E-state index < -0.39 is 5.66 Å². The molecule has 1 aromatic rings. The molecule has 0 radical (unpaired) electrons. The molecule has 0 aliphatic carbocycles. The van der Waals surface area contributed by atoms with E-state index in [9.17, 15) is 4.79 Å². The normalized spacial score (nSPS) is 24.5. The lowest BCUT2D eigenvalue weighted by molar-refractivity contribution is 0.0667. The molecule has 2 N–H and O–H groups in total. The first kappa shape index (κ1) is 9.93. The van der Waals surface area contributed by atoms with Gasteiger partial charge in [0.05, 0.1) is 0 Å². The number of rotatable bonds is 1. The highest BCUT2D eigenvalue weighted by atomic mass is 16.2. The van der Waals surface area contributed by atoms with E-state index in [0.717, 1.165) is 0 Å². The molecular formula is C12H14N2O. The first-order valence-corrected chi connectivity index (χ1v) is 4.95. The fourth-order valence-electron chi connectivity index (χ4n) is 1.72. The minimum absolute atomic E-state index is 0.0226. The number of hydrogen-bond donors (Lipinski definition) is 1. The number of benzene rings is 1. The summed E-state index contributed by atoms with van der Waals surface area (Å²) in [7, 11) is 0. The van der Waals surface area contributed by atoms with E-state index in [2.05, 4.69) is 0 Å². The van der Waals surface area contributed by atoms with Gasteiger partial charge in [-0.25, -0.2) is 0 Å². The summed E-state index contributed by atoms with van der Waals surface area (Å²) < 4.78 is 0. The minimum Gasteiger partial charge on any atom is -0.314 e. The number of carbonyl (C=O) groups is 1. The SMILES string of the molecule is CC1(N)C=CCN1C(=O)c1ccccc1. The van der Waals surface area contributed by atoms with Gasteiger partial charge in [-0.15, -0.1) is 0 Å². The molecule has 1 amide bonds. The zero-order valence-electron chi connectivity index (χ0n) is 8.68. The van der Waals surface area contributed by atoms with Crippen LogP contribution in [0.25, 0.3) is 0 Å². The summed E-state index contributed by atoms with van der Waals surface area (Å²) in [4.78, 5) is 13.7. The molecule has 0 spiro atoms. The van der Waals surface area contributed by atoms with Crippen molar-refractivity contribution in [2.24, 2.45) is 5.73 Å². The zero-order valence-corrected chi connectivity index (χ0v) is 8.68. The Labute approximate surface area is 89.2 Å². The van der Waals surface area contributed by atoms with Crippen molar-refractivity contribution in [3.05, 3.63) is 48.0 Å². The maximum absolute atomic E-state index is 12.1. The molecule has 0 fully saturated rings. The summed E-state index contributed by atoms with van der Waals surface area (Å²) in [6, 6.07) is 9.20. The maximum atomic E-state index is 12.1. The summed E-state index contributed by atoms with van der Waals surface area (Å²) >= 11 is 0. The van der Waals surface area contributed by atoms with E-state index in [4.69, 9.17) is 5.73 Å². The molecule has 78 valence electrons. The summed E-state index contributed by atoms with van der Waals surface area (Å²) in [5.41, 5.74) is 6.00. The molecule has 3 heteroatoms. The van der Waals surface area contributed by atoms with Crippen molar-refractivity contribution in [3.8, 4) is 0 Å². The molecule has 1 aliphatic heterocycles. The molecule has 0 saturated carbocycles. The molecular weight excluding hydrogens is 188 g/mol. The first-order chi connectivity index (χ1) is 7.11. The molecule has 0 aromatic heterocycles. The Morgan fingerprint density at radius 3 is 2.60 bits per heavy atom. The third-order valence-corrected chi connectivity index (χ3v) is 2.59. The zero-order chi connectivity index (χ0) is 10.9. The van der Waals surface area contributed by atoms with Crippen LogP contribution in [-0.2, 0) is 0 Å². The van der Waals surface area contributed by atoms with Gasteiger partial charge in [-0.2, -0.15) is 0 Å². The van der Waals surface area contributed by atoms with Crippen LogP contribution in [0.3, 0.4) is 0 Å². The van der Waals surface area contributed by atoms with Crippen molar-refractivity contribution in [1.82, 2.24) is 4.90 Å². The van der Waals surface area contributed by atoms with E-state index in [1.165, 1.54) is 0 Å². The predicted molar refractivity (Wildman–Crippen MR) is 59.2 cm³/mol. The van der Waals surface area contributed by atoms with Gasteiger partial charge in [-0.05, 0) is 25.1 Å². The second-order valence-electron chi connectivity index (χ2n) is 3.91. The van der Waals surface area contributed by atoms with E-state index in [1.54, 1.807) is 17.0 Å². The summed E-state index contributed by atoms with van der Waals surface area (Å²) in [5, 5.41) is 0. The fraction of sp³-hybridized carbons (Fsp3) is 0.250.